The number of amidine groups is 1. The van der Waals surface area contributed by atoms with Crippen LogP contribution >= 0.6 is 23.2 Å². The highest BCUT2D eigenvalue weighted by atomic mass is 35.5. The fourth-order valence-corrected chi connectivity index (χ4v) is 4.28. The van der Waals surface area contributed by atoms with Crippen molar-refractivity contribution in [1.29, 1.82) is 0 Å². The summed E-state index contributed by atoms with van der Waals surface area (Å²) in [6.45, 7) is -0.507. The van der Waals surface area contributed by atoms with E-state index < -0.39 is 81.3 Å². The molecular formula is C21H11Cl2F10N5. The summed E-state index contributed by atoms with van der Waals surface area (Å²) in [7, 11) is 0. The first-order valence-corrected chi connectivity index (χ1v) is 10.9. The lowest BCUT2D eigenvalue weighted by Crippen LogP contribution is -2.43. The third-order valence-corrected chi connectivity index (χ3v) is 5.80. The number of nitrogens with zero attached hydrogens (tertiary/aromatic N) is 3. The second kappa shape index (κ2) is 9.61. The van der Waals surface area contributed by atoms with Gasteiger partial charge < -0.3 is 5.32 Å². The van der Waals surface area contributed by atoms with Crippen LogP contribution in [0.15, 0.2) is 57.8 Å². The molecule has 2 aliphatic rings. The first kappa shape index (κ1) is 28.0. The summed E-state index contributed by atoms with van der Waals surface area (Å²) in [6, 6.07) is 5.93. The number of benzene rings is 2. The number of halogens is 12. The van der Waals surface area contributed by atoms with Crippen LogP contribution in [0.3, 0.4) is 0 Å². The van der Waals surface area contributed by atoms with Gasteiger partial charge in [-0.3, -0.25) is 5.01 Å². The largest absolute Gasteiger partial charge is 0.451 e. The lowest BCUT2D eigenvalue weighted by molar-refractivity contribution is -0.137. The van der Waals surface area contributed by atoms with Crippen LogP contribution in [-0.4, -0.2) is 30.1 Å². The molecule has 1 unspecified atom stereocenters. The second-order valence-electron chi connectivity index (χ2n) is 7.77. The van der Waals surface area contributed by atoms with Gasteiger partial charge in [-0.25, -0.2) is 14.4 Å². The zero-order valence-electron chi connectivity index (χ0n) is 18.1. The molecule has 204 valence electrons. The van der Waals surface area contributed by atoms with Crippen LogP contribution in [0.2, 0.25) is 10.0 Å². The summed E-state index contributed by atoms with van der Waals surface area (Å²) in [5.74, 6) is -3.54. The summed E-state index contributed by atoms with van der Waals surface area (Å²) in [4.78, 5) is 5.88. The fraction of sp³-hybridized carbons (Fsp3) is 0.238. The van der Waals surface area contributed by atoms with Crippen LogP contribution in [0.1, 0.15) is 11.1 Å². The SMILES string of the molecule is Fc1ccccc1CNC1=C2C(C(F)(F)F)=NC(C(F)(F)F)=NC2NN1c1c(Cl)cc(C(F)(F)F)cc1Cl. The molecule has 0 bridgehead atoms. The molecule has 0 radical (unpaired) electrons. The topological polar surface area (TPSA) is 52.0 Å². The molecule has 0 saturated heterocycles. The third kappa shape index (κ3) is 5.40. The van der Waals surface area contributed by atoms with E-state index in [-0.39, 0.29) is 5.56 Å². The van der Waals surface area contributed by atoms with Crippen molar-refractivity contribution >= 4 is 40.4 Å². The Balaban J connectivity index is 1.90. The second-order valence-corrected chi connectivity index (χ2v) is 8.58. The predicted molar refractivity (Wildman–Crippen MR) is 118 cm³/mol. The molecule has 2 aromatic rings. The van der Waals surface area contributed by atoms with E-state index in [0.29, 0.717) is 17.1 Å². The van der Waals surface area contributed by atoms with Crippen molar-refractivity contribution < 1.29 is 43.9 Å². The summed E-state index contributed by atoms with van der Waals surface area (Å²) in [5.41, 5.74) is -2.60. The van der Waals surface area contributed by atoms with Crippen LogP contribution in [0.25, 0.3) is 0 Å². The Morgan fingerprint density at radius 2 is 1.50 bits per heavy atom. The number of fused-ring (bicyclic) bond motifs is 1. The molecule has 0 saturated carbocycles. The standard InChI is InChI=1S/C21H11Cl2F10N5/c22-10-5-9(19(25,26)27)6-11(23)14(10)38-17(34-7-8-3-1-2-4-12(8)24)13-15(20(28,29)30)35-18(21(31,32)33)36-16(13)37-38/h1-6,16,34,37H,7H2. The summed E-state index contributed by atoms with van der Waals surface area (Å²) >= 11 is 12.0. The molecule has 0 spiro atoms. The Labute approximate surface area is 216 Å². The maximum absolute atomic E-state index is 14.2. The Morgan fingerprint density at radius 1 is 0.895 bits per heavy atom. The predicted octanol–water partition coefficient (Wildman–Crippen LogP) is 6.78. The molecule has 2 heterocycles. The Hall–Kier alpha value is -3.04. The van der Waals surface area contributed by atoms with Crippen molar-refractivity contribution in [1.82, 2.24) is 10.7 Å². The van der Waals surface area contributed by atoms with Crippen LogP contribution in [0, 0.1) is 5.82 Å². The average molecular weight is 594 g/mol. The number of hydrazine groups is 1. The molecular weight excluding hydrogens is 583 g/mol. The highest BCUT2D eigenvalue weighted by Crippen LogP contribution is 2.44. The number of alkyl halides is 9. The lowest BCUT2D eigenvalue weighted by Gasteiger charge is -2.26. The lowest BCUT2D eigenvalue weighted by atomic mass is 10.1. The van der Waals surface area contributed by atoms with Crippen molar-refractivity contribution in [2.45, 2.75) is 31.2 Å². The van der Waals surface area contributed by atoms with E-state index in [1.54, 1.807) is 0 Å². The Bertz CT molecular complexity index is 1340. The first-order chi connectivity index (χ1) is 17.5. The van der Waals surface area contributed by atoms with Crippen molar-refractivity contribution in [2.24, 2.45) is 9.98 Å². The molecule has 38 heavy (non-hydrogen) atoms. The quantitative estimate of drug-likeness (QED) is 0.384. The van der Waals surface area contributed by atoms with Gasteiger partial charge in [0.05, 0.1) is 26.9 Å². The minimum Gasteiger partial charge on any atom is -0.366 e. The third-order valence-electron chi connectivity index (χ3n) is 5.22. The molecule has 4 rings (SSSR count). The van der Waals surface area contributed by atoms with Gasteiger partial charge in [-0.1, -0.05) is 41.4 Å². The molecule has 2 aromatic carbocycles. The smallest absolute Gasteiger partial charge is 0.366 e. The van der Waals surface area contributed by atoms with E-state index in [1.165, 1.54) is 18.2 Å². The van der Waals surface area contributed by atoms with Crippen molar-refractivity contribution in [2.75, 3.05) is 5.01 Å². The monoisotopic (exact) mass is 593 g/mol. The number of hydrogen-bond donors (Lipinski definition) is 2. The van der Waals surface area contributed by atoms with Gasteiger partial charge in [-0.15, -0.1) is 0 Å². The number of hydrogen-bond acceptors (Lipinski definition) is 5. The fourth-order valence-electron chi connectivity index (χ4n) is 3.62. The van der Waals surface area contributed by atoms with Crippen molar-refractivity contribution in [3.05, 3.63) is 74.8 Å². The van der Waals surface area contributed by atoms with E-state index in [9.17, 15) is 43.9 Å². The Morgan fingerprint density at radius 3 is 2.03 bits per heavy atom. The van der Waals surface area contributed by atoms with Crippen LogP contribution in [0.5, 0.6) is 0 Å². The molecule has 2 N–H and O–H groups in total. The highest BCUT2D eigenvalue weighted by molar-refractivity contribution is 6.39. The molecule has 0 amide bonds. The van der Waals surface area contributed by atoms with Crippen molar-refractivity contribution in [3.8, 4) is 0 Å². The van der Waals surface area contributed by atoms with Gasteiger partial charge in [0.1, 0.15) is 17.8 Å². The highest BCUT2D eigenvalue weighted by Gasteiger charge is 2.52. The van der Waals surface area contributed by atoms with E-state index in [4.69, 9.17) is 23.2 Å². The molecule has 0 aliphatic carbocycles. The minimum atomic E-state index is -5.43. The summed E-state index contributed by atoms with van der Waals surface area (Å²) in [6.07, 6.45) is -17.8. The summed E-state index contributed by atoms with van der Waals surface area (Å²) in [5, 5.41) is 1.66. The average Bonchev–Trinajstić information content (AvgIpc) is 3.13. The van der Waals surface area contributed by atoms with Gasteiger partial charge >= 0.3 is 18.5 Å². The first-order valence-electron chi connectivity index (χ1n) is 10.1. The number of nitrogens with one attached hydrogen (secondary N) is 2. The van der Waals surface area contributed by atoms with Crippen molar-refractivity contribution in [3.63, 3.8) is 0 Å². The molecule has 17 heteroatoms. The van der Waals surface area contributed by atoms with Gasteiger partial charge in [0, 0.05) is 12.1 Å². The van der Waals surface area contributed by atoms with E-state index >= 15 is 0 Å². The van der Waals surface area contributed by atoms with E-state index in [2.05, 4.69) is 20.7 Å². The van der Waals surface area contributed by atoms with Gasteiger partial charge in [-0.2, -0.15) is 44.9 Å². The maximum atomic E-state index is 14.2. The van der Waals surface area contributed by atoms with Crippen LogP contribution in [0.4, 0.5) is 49.6 Å². The van der Waals surface area contributed by atoms with Gasteiger partial charge in [0.25, 0.3) is 0 Å². The zero-order chi connectivity index (χ0) is 28.2. The maximum Gasteiger partial charge on any atom is 0.451 e. The molecule has 0 aromatic heterocycles. The van der Waals surface area contributed by atoms with Gasteiger partial charge in [0.2, 0.25) is 5.84 Å². The molecule has 2 aliphatic heterocycles. The zero-order valence-corrected chi connectivity index (χ0v) is 19.6. The molecule has 5 nitrogen and oxygen atoms in total. The van der Waals surface area contributed by atoms with Gasteiger partial charge in [0.15, 0.2) is 5.71 Å². The molecule has 1 atom stereocenters. The number of anilines is 1. The minimum absolute atomic E-state index is 0.0607. The summed E-state index contributed by atoms with van der Waals surface area (Å²) < 4.78 is 135. The Kier molecular flexibility index (Phi) is 7.08. The van der Waals surface area contributed by atoms with Crippen LogP contribution in [-0.2, 0) is 12.7 Å². The number of aliphatic imine (C=N–C) groups is 2. The van der Waals surface area contributed by atoms with E-state index in [1.807, 2.05) is 0 Å². The van der Waals surface area contributed by atoms with Gasteiger partial charge in [-0.05, 0) is 18.2 Å². The number of rotatable bonds is 4. The van der Waals surface area contributed by atoms with E-state index in [0.717, 1.165) is 6.07 Å². The van der Waals surface area contributed by atoms with Crippen LogP contribution < -0.4 is 15.8 Å². The normalized spacial score (nSPS) is 18.4. The molecule has 0 fully saturated rings.